The number of hydrogen-bond donors (Lipinski definition) is 2. The molecule has 2 N–H and O–H groups in total. The first-order chi connectivity index (χ1) is 7.74. The van der Waals surface area contributed by atoms with Crippen molar-refractivity contribution in [2.24, 2.45) is 0 Å². The molecule has 1 aromatic heterocycles. The van der Waals surface area contributed by atoms with E-state index in [1.54, 1.807) is 0 Å². The van der Waals surface area contributed by atoms with Crippen LogP contribution in [0.2, 0.25) is 0 Å². The summed E-state index contributed by atoms with van der Waals surface area (Å²) in [5.41, 5.74) is 0. The summed E-state index contributed by atoms with van der Waals surface area (Å²) < 4.78 is 0. The Morgan fingerprint density at radius 3 is 2.88 bits per heavy atom. The van der Waals surface area contributed by atoms with Gasteiger partial charge in [0.15, 0.2) is 0 Å². The molecule has 0 spiro atoms. The molecule has 0 aliphatic rings. The van der Waals surface area contributed by atoms with Gasteiger partial charge in [0.25, 0.3) is 0 Å². The third-order valence-electron chi connectivity index (χ3n) is 2.33. The lowest BCUT2D eigenvalue weighted by Gasteiger charge is -2.11. The maximum Gasteiger partial charge on any atom is 0.0438 e. The molecule has 1 heterocycles. The number of thiophene rings is 1. The van der Waals surface area contributed by atoms with E-state index in [1.807, 2.05) is 23.1 Å². The van der Waals surface area contributed by atoms with Crippen LogP contribution < -0.4 is 5.32 Å². The number of aliphatic hydroxyl groups is 1. The van der Waals surface area contributed by atoms with E-state index in [1.165, 1.54) is 9.75 Å². The molecule has 2 nitrogen and oxygen atoms in total. The van der Waals surface area contributed by atoms with Crippen molar-refractivity contribution < 1.29 is 5.11 Å². The Morgan fingerprint density at radius 2 is 2.25 bits per heavy atom. The maximum absolute atomic E-state index is 8.63. The fraction of sp³-hybridized carbons (Fsp3) is 0.667. The number of aryl methyl sites for hydroxylation is 1. The fourth-order valence-corrected chi connectivity index (χ4v) is 3.11. The summed E-state index contributed by atoms with van der Waals surface area (Å²) in [6.07, 6.45) is 0.907. The standard InChI is InChI=1S/C12H21NOS2/c1-10-4-5-12(16-10)11(2)13-6-9-15-8-3-7-14/h4-5,11,13-14H,3,6-9H2,1-2H3. The van der Waals surface area contributed by atoms with Crippen LogP contribution in [0.15, 0.2) is 12.1 Å². The largest absolute Gasteiger partial charge is 0.396 e. The quantitative estimate of drug-likeness (QED) is 0.704. The Kier molecular flexibility index (Phi) is 7.12. The van der Waals surface area contributed by atoms with Crippen molar-refractivity contribution in [3.8, 4) is 0 Å². The highest BCUT2D eigenvalue weighted by Gasteiger charge is 2.05. The molecule has 92 valence electrons. The molecule has 0 radical (unpaired) electrons. The highest BCUT2D eigenvalue weighted by Crippen LogP contribution is 2.22. The molecule has 0 aliphatic carbocycles. The van der Waals surface area contributed by atoms with E-state index in [4.69, 9.17) is 5.11 Å². The third-order valence-corrected chi connectivity index (χ3v) is 4.59. The summed E-state index contributed by atoms with van der Waals surface area (Å²) in [4.78, 5) is 2.79. The average molecular weight is 259 g/mol. The zero-order valence-corrected chi connectivity index (χ0v) is 11.7. The number of thioether (sulfide) groups is 1. The molecular formula is C12H21NOS2. The van der Waals surface area contributed by atoms with Crippen molar-refractivity contribution in [2.45, 2.75) is 26.3 Å². The number of hydrogen-bond acceptors (Lipinski definition) is 4. The van der Waals surface area contributed by atoms with Crippen LogP contribution >= 0.6 is 23.1 Å². The van der Waals surface area contributed by atoms with Gasteiger partial charge in [0, 0.05) is 34.7 Å². The Hall–Kier alpha value is -0.0300. The molecule has 0 bridgehead atoms. The minimum Gasteiger partial charge on any atom is -0.396 e. The van der Waals surface area contributed by atoms with Gasteiger partial charge in [-0.15, -0.1) is 11.3 Å². The molecule has 0 saturated heterocycles. The highest BCUT2D eigenvalue weighted by molar-refractivity contribution is 7.99. The normalized spacial score (nSPS) is 12.9. The molecule has 0 amide bonds. The molecule has 0 fully saturated rings. The van der Waals surface area contributed by atoms with Gasteiger partial charge in [0.2, 0.25) is 0 Å². The molecule has 4 heteroatoms. The summed E-state index contributed by atoms with van der Waals surface area (Å²) >= 11 is 3.77. The number of aliphatic hydroxyl groups excluding tert-OH is 1. The molecule has 0 saturated carbocycles. The van der Waals surface area contributed by atoms with Crippen LogP contribution in [0, 0.1) is 6.92 Å². The zero-order valence-electron chi connectivity index (χ0n) is 10.0. The predicted octanol–water partition coefficient (Wildman–Crippen LogP) is 2.82. The van der Waals surface area contributed by atoms with Gasteiger partial charge in [-0.1, -0.05) is 0 Å². The van der Waals surface area contributed by atoms with Crippen LogP contribution in [0.1, 0.15) is 29.1 Å². The first-order valence-electron chi connectivity index (χ1n) is 5.72. The Morgan fingerprint density at radius 1 is 1.44 bits per heavy atom. The molecule has 16 heavy (non-hydrogen) atoms. The Bertz CT molecular complexity index is 288. The Labute approximate surface area is 106 Å². The lowest BCUT2D eigenvalue weighted by atomic mass is 10.3. The first kappa shape index (κ1) is 14.0. The Balaban J connectivity index is 2.09. The van der Waals surface area contributed by atoms with Crippen LogP contribution in [0.25, 0.3) is 0 Å². The molecule has 1 unspecified atom stereocenters. The van der Waals surface area contributed by atoms with Crippen LogP contribution in [-0.4, -0.2) is 29.8 Å². The van der Waals surface area contributed by atoms with Crippen molar-refractivity contribution in [1.82, 2.24) is 5.32 Å². The van der Waals surface area contributed by atoms with E-state index in [-0.39, 0.29) is 0 Å². The second kappa shape index (κ2) is 8.12. The lowest BCUT2D eigenvalue weighted by Crippen LogP contribution is -2.20. The van der Waals surface area contributed by atoms with E-state index in [9.17, 15) is 0 Å². The first-order valence-corrected chi connectivity index (χ1v) is 7.69. The van der Waals surface area contributed by atoms with Gasteiger partial charge < -0.3 is 10.4 Å². The van der Waals surface area contributed by atoms with Gasteiger partial charge in [-0.25, -0.2) is 0 Å². The summed E-state index contributed by atoms with van der Waals surface area (Å²) in [6.45, 7) is 5.70. The monoisotopic (exact) mass is 259 g/mol. The summed E-state index contributed by atoms with van der Waals surface area (Å²) in [7, 11) is 0. The van der Waals surface area contributed by atoms with Crippen LogP contribution in [0.3, 0.4) is 0 Å². The number of rotatable bonds is 8. The van der Waals surface area contributed by atoms with E-state index >= 15 is 0 Å². The van der Waals surface area contributed by atoms with E-state index < -0.39 is 0 Å². The SMILES string of the molecule is Cc1ccc(C(C)NCCSCCCO)s1. The molecule has 1 atom stereocenters. The van der Waals surface area contributed by atoms with Gasteiger partial charge >= 0.3 is 0 Å². The summed E-state index contributed by atoms with van der Waals surface area (Å²) in [6, 6.07) is 4.84. The van der Waals surface area contributed by atoms with Crippen molar-refractivity contribution >= 4 is 23.1 Å². The van der Waals surface area contributed by atoms with Crippen LogP contribution in [0.5, 0.6) is 0 Å². The zero-order chi connectivity index (χ0) is 11.8. The molecule has 1 rings (SSSR count). The average Bonchev–Trinajstić information content (AvgIpc) is 2.70. The summed E-state index contributed by atoms with van der Waals surface area (Å²) in [5.74, 6) is 2.18. The second-order valence-electron chi connectivity index (χ2n) is 3.81. The predicted molar refractivity (Wildman–Crippen MR) is 74.5 cm³/mol. The van der Waals surface area contributed by atoms with Gasteiger partial charge in [-0.2, -0.15) is 11.8 Å². The highest BCUT2D eigenvalue weighted by atomic mass is 32.2. The lowest BCUT2D eigenvalue weighted by molar-refractivity contribution is 0.296. The van der Waals surface area contributed by atoms with Crippen molar-refractivity contribution in [3.05, 3.63) is 21.9 Å². The van der Waals surface area contributed by atoms with E-state index in [0.29, 0.717) is 12.6 Å². The van der Waals surface area contributed by atoms with Gasteiger partial charge in [-0.3, -0.25) is 0 Å². The maximum atomic E-state index is 8.63. The fourth-order valence-electron chi connectivity index (χ4n) is 1.40. The van der Waals surface area contributed by atoms with E-state index in [2.05, 4.69) is 31.3 Å². The van der Waals surface area contributed by atoms with Crippen LogP contribution in [0.4, 0.5) is 0 Å². The van der Waals surface area contributed by atoms with Crippen molar-refractivity contribution in [3.63, 3.8) is 0 Å². The molecule has 0 aromatic carbocycles. The van der Waals surface area contributed by atoms with Gasteiger partial charge in [-0.05, 0) is 38.2 Å². The smallest absolute Gasteiger partial charge is 0.0438 e. The van der Waals surface area contributed by atoms with Gasteiger partial charge in [0.1, 0.15) is 0 Å². The summed E-state index contributed by atoms with van der Waals surface area (Å²) in [5, 5.41) is 12.2. The molecule has 0 aliphatic heterocycles. The topological polar surface area (TPSA) is 32.3 Å². The number of nitrogens with one attached hydrogen (secondary N) is 1. The van der Waals surface area contributed by atoms with Crippen molar-refractivity contribution in [2.75, 3.05) is 24.7 Å². The third kappa shape index (κ3) is 5.34. The minimum absolute atomic E-state index is 0.311. The van der Waals surface area contributed by atoms with Crippen molar-refractivity contribution in [1.29, 1.82) is 0 Å². The van der Waals surface area contributed by atoms with Crippen LogP contribution in [-0.2, 0) is 0 Å². The van der Waals surface area contributed by atoms with Gasteiger partial charge in [0.05, 0.1) is 0 Å². The van der Waals surface area contributed by atoms with E-state index in [0.717, 1.165) is 24.5 Å². The molecular weight excluding hydrogens is 238 g/mol. The molecule has 1 aromatic rings. The minimum atomic E-state index is 0.311. The second-order valence-corrected chi connectivity index (χ2v) is 6.36.